The van der Waals surface area contributed by atoms with E-state index < -0.39 is 16.0 Å². The maximum atomic E-state index is 12.4. The van der Waals surface area contributed by atoms with E-state index in [9.17, 15) is 23.6 Å². The van der Waals surface area contributed by atoms with Gasteiger partial charge in [-0.3, -0.25) is 4.79 Å². The van der Waals surface area contributed by atoms with Crippen molar-refractivity contribution in [2.45, 2.75) is 4.90 Å². The minimum absolute atomic E-state index is 0.0138. The van der Waals surface area contributed by atoms with Gasteiger partial charge < -0.3 is 14.6 Å². The number of nitrogens with one attached hydrogen (secondary N) is 1. The number of hydrogen-bond donors (Lipinski definition) is 2. The van der Waals surface area contributed by atoms with Crippen LogP contribution in [0.3, 0.4) is 0 Å². The second-order valence-corrected chi connectivity index (χ2v) is 8.22. The van der Waals surface area contributed by atoms with E-state index in [2.05, 4.69) is 5.32 Å². The summed E-state index contributed by atoms with van der Waals surface area (Å²) in [6.07, 6.45) is 1.30. The first-order chi connectivity index (χ1) is 14.8. The Bertz CT molecular complexity index is 1280. The van der Waals surface area contributed by atoms with Crippen LogP contribution in [0.5, 0.6) is 11.5 Å². The molecule has 156 valence electrons. The van der Waals surface area contributed by atoms with E-state index in [1.165, 1.54) is 72.8 Å². The van der Waals surface area contributed by atoms with Crippen LogP contribution in [0.1, 0.15) is 5.56 Å². The first-order valence-electron chi connectivity index (χ1n) is 8.79. The van der Waals surface area contributed by atoms with Gasteiger partial charge in [0.2, 0.25) is 0 Å². The van der Waals surface area contributed by atoms with Crippen molar-refractivity contribution in [1.82, 2.24) is 0 Å². The number of carbonyl (C=O) groups is 1. The van der Waals surface area contributed by atoms with Crippen molar-refractivity contribution in [3.05, 3.63) is 89.0 Å². The molecule has 0 bridgehead atoms. The molecule has 0 atom stereocenters. The lowest BCUT2D eigenvalue weighted by Gasteiger charge is -2.08. The van der Waals surface area contributed by atoms with Crippen LogP contribution < -0.4 is 9.50 Å². The zero-order valence-corrected chi connectivity index (χ0v) is 17.4. The van der Waals surface area contributed by atoms with Gasteiger partial charge in [0, 0.05) is 10.7 Å². The number of nitriles is 1. The SMILES string of the molecule is N#C/C(=C/c1cccc(OS(=O)(=O)c2ccc(Cl)cc2)c1)C(=O)Nc1ccc(O)cc1. The smallest absolute Gasteiger partial charge is 0.339 e. The van der Waals surface area contributed by atoms with Crippen LogP contribution in [0.4, 0.5) is 5.69 Å². The first-order valence-corrected chi connectivity index (χ1v) is 10.6. The molecular formula is C22H15ClN2O5S. The third-order valence-electron chi connectivity index (χ3n) is 3.97. The summed E-state index contributed by atoms with van der Waals surface area (Å²) in [6.45, 7) is 0. The number of amides is 1. The lowest BCUT2D eigenvalue weighted by molar-refractivity contribution is -0.112. The zero-order chi connectivity index (χ0) is 22.4. The number of phenols is 1. The Morgan fingerprint density at radius 2 is 1.74 bits per heavy atom. The summed E-state index contributed by atoms with van der Waals surface area (Å²) in [5, 5.41) is 21.6. The number of aromatic hydroxyl groups is 1. The fourth-order valence-electron chi connectivity index (χ4n) is 2.49. The van der Waals surface area contributed by atoms with Gasteiger partial charge in [0.25, 0.3) is 5.91 Å². The van der Waals surface area contributed by atoms with Crippen molar-refractivity contribution in [3.8, 4) is 17.6 Å². The molecule has 2 N–H and O–H groups in total. The maximum Gasteiger partial charge on any atom is 0.339 e. The normalized spacial score (nSPS) is 11.4. The van der Waals surface area contributed by atoms with Gasteiger partial charge in [0.1, 0.15) is 28.0 Å². The van der Waals surface area contributed by atoms with Gasteiger partial charge in [-0.05, 0) is 72.3 Å². The molecule has 9 heteroatoms. The van der Waals surface area contributed by atoms with Crippen LogP contribution >= 0.6 is 11.6 Å². The van der Waals surface area contributed by atoms with E-state index in [0.29, 0.717) is 16.3 Å². The molecule has 1 amide bonds. The number of rotatable bonds is 6. The molecule has 0 aliphatic carbocycles. The number of hydrogen-bond acceptors (Lipinski definition) is 6. The topological polar surface area (TPSA) is 116 Å². The molecule has 0 fully saturated rings. The molecule has 0 aliphatic rings. The lowest BCUT2D eigenvalue weighted by atomic mass is 10.1. The molecule has 31 heavy (non-hydrogen) atoms. The molecule has 0 aromatic heterocycles. The highest BCUT2D eigenvalue weighted by Crippen LogP contribution is 2.22. The van der Waals surface area contributed by atoms with Gasteiger partial charge in [-0.2, -0.15) is 13.7 Å². The van der Waals surface area contributed by atoms with E-state index in [-0.39, 0.29) is 22.0 Å². The Hall–Kier alpha value is -3.80. The highest BCUT2D eigenvalue weighted by Gasteiger charge is 2.17. The molecular weight excluding hydrogens is 440 g/mol. The summed E-state index contributed by atoms with van der Waals surface area (Å²) < 4.78 is 30.0. The number of halogens is 1. The van der Waals surface area contributed by atoms with E-state index >= 15 is 0 Å². The second kappa shape index (κ2) is 9.34. The van der Waals surface area contributed by atoms with Crippen LogP contribution in [-0.2, 0) is 14.9 Å². The van der Waals surface area contributed by atoms with Crippen LogP contribution in [0, 0.1) is 11.3 Å². The average Bonchev–Trinajstić information content (AvgIpc) is 2.74. The quantitative estimate of drug-likeness (QED) is 0.247. The van der Waals surface area contributed by atoms with E-state index in [1.54, 1.807) is 6.07 Å². The summed E-state index contributed by atoms with van der Waals surface area (Å²) in [7, 11) is -4.09. The number of nitrogens with zero attached hydrogens (tertiary/aromatic N) is 1. The van der Waals surface area contributed by atoms with Crippen molar-refractivity contribution in [2.75, 3.05) is 5.32 Å². The van der Waals surface area contributed by atoms with Gasteiger partial charge in [-0.1, -0.05) is 23.7 Å². The molecule has 0 saturated heterocycles. The Morgan fingerprint density at radius 1 is 1.06 bits per heavy atom. The predicted molar refractivity (Wildman–Crippen MR) is 116 cm³/mol. The van der Waals surface area contributed by atoms with Gasteiger partial charge in [-0.25, -0.2) is 0 Å². The fourth-order valence-corrected chi connectivity index (χ4v) is 3.54. The molecule has 3 rings (SSSR count). The fraction of sp³-hybridized carbons (Fsp3) is 0. The molecule has 0 radical (unpaired) electrons. The highest BCUT2D eigenvalue weighted by atomic mass is 35.5. The third kappa shape index (κ3) is 5.85. The molecule has 0 heterocycles. The van der Waals surface area contributed by atoms with Gasteiger partial charge in [-0.15, -0.1) is 0 Å². The monoisotopic (exact) mass is 454 g/mol. The first kappa shape index (κ1) is 21.9. The Morgan fingerprint density at radius 3 is 2.39 bits per heavy atom. The number of benzene rings is 3. The molecule has 3 aromatic rings. The van der Waals surface area contributed by atoms with Gasteiger partial charge in [0.05, 0.1) is 0 Å². The summed E-state index contributed by atoms with van der Waals surface area (Å²) in [5.41, 5.74) is 0.585. The minimum atomic E-state index is -4.09. The molecule has 7 nitrogen and oxygen atoms in total. The summed E-state index contributed by atoms with van der Waals surface area (Å²) in [6, 6.07) is 19.0. The van der Waals surface area contributed by atoms with E-state index in [1.807, 2.05) is 6.07 Å². The Balaban J connectivity index is 1.80. The summed E-state index contributed by atoms with van der Waals surface area (Å²) in [4.78, 5) is 12.3. The van der Waals surface area contributed by atoms with E-state index in [0.717, 1.165) is 0 Å². The van der Waals surface area contributed by atoms with Crippen molar-refractivity contribution in [1.29, 1.82) is 5.26 Å². The highest BCUT2D eigenvalue weighted by molar-refractivity contribution is 7.87. The van der Waals surface area contributed by atoms with Crippen LogP contribution in [0.2, 0.25) is 5.02 Å². The minimum Gasteiger partial charge on any atom is -0.508 e. The molecule has 3 aromatic carbocycles. The number of phenolic OH excluding ortho intramolecular Hbond substituents is 1. The molecule has 0 spiro atoms. The molecule has 0 aliphatic heterocycles. The van der Waals surface area contributed by atoms with Crippen molar-refractivity contribution >= 4 is 39.4 Å². The standard InChI is InChI=1S/C22H15ClN2O5S/c23-17-4-10-21(11-5-17)31(28,29)30-20-3-1-2-15(13-20)12-16(14-24)22(27)25-18-6-8-19(26)9-7-18/h1-13,26H,(H,25,27)/b16-12-. The summed E-state index contributed by atoms with van der Waals surface area (Å²) >= 11 is 5.78. The predicted octanol–water partition coefficient (Wildman–Crippen LogP) is 4.36. The summed E-state index contributed by atoms with van der Waals surface area (Å²) in [5.74, 6) is -0.604. The third-order valence-corrected chi connectivity index (χ3v) is 5.48. The Kier molecular flexibility index (Phi) is 6.60. The maximum absolute atomic E-state index is 12.4. The van der Waals surface area contributed by atoms with Gasteiger partial charge in [0.15, 0.2) is 0 Å². The zero-order valence-electron chi connectivity index (χ0n) is 15.8. The van der Waals surface area contributed by atoms with E-state index in [4.69, 9.17) is 15.8 Å². The number of carbonyl (C=O) groups excluding carboxylic acids is 1. The van der Waals surface area contributed by atoms with Crippen LogP contribution in [-0.4, -0.2) is 19.4 Å². The largest absolute Gasteiger partial charge is 0.508 e. The molecule has 0 unspecified atom stereocenters. The average molecular weight is 455 g/mol. The van der Waals surface area contributed by atoms with Crippen molar-refractivity contribution in [3.63, 3.8) is 0 Å². The van der Waals surface area contributed by atoms with Crippen molar-refractivity contribution in [2.24, 2.45) is 0 Å². The number of anilines is 1. The van der Waals surface area contributed by atoms with Crippen molar-refractivity contribution < 1.29 is 22.5 Å². The lowest BCUT2D eigenvalue weighted by Crippen LogP contribution is -2.13. The Labute approximate surface area is 183 Å². The van der Waals surface area contributed by atoms with Crippen LogP contribution in [0.15, 0.2) is 83.3 Å². The second-order valence-electron chi connectivity index (χ2n) is 6.23. The molecule has 0 saturated carbocycles. The van der Waals surface area contributed by atoms with Crippen LogP contribution in [0.25, 0.3) is 6.08 Å². The van der Waals surface area contributed by atoms with Gasteiger partial charge >= 0.3 is 10.1 Å².